The van der Waals surface area contributed by atoms with Gasteiger partial charge in [-0.15, -0.1) is 0 Å². The largest absolute Gasteiger partial charge is 0.351 e. The normalized spacial score (nSPS) is 16.2. The number of amides is 1. The Labute approximate surface area is 151 Å². The number of carbonyl (C=O) groups is 1. The van der Waals surface area contributed by atoms with Gasteiger partial charge in [-0.05, 0) is 42.0 Å². The number of benzene rings is 2. The van der Waals surface area contributed by atoms with E-state index in [4.69, 9.17) is 0 Å². The standard InChI is InChI=1S/C20H21N3OS/c24-20(21-13-14-10-11-17-18(12-14)23-25-22-17)19(16-8-4-5-9-16)15-6-2-1-3-7-15/h1-3,6-7,10-12,16,19H,4-5,8-9,13H2,(H,21,24)/t19-/m1/s1. The molecule has 1 aromatic heterocycles. The van der Waals surface area contributed by atoms with Gasteiger partial charge in [0, 0.05) is 6.54 Å². The lowest BCUT2D eigenvalue weighted by atomic mass is 9.84. The molecule has 0 radical (unpaired) electrons. The Morgan fingerprint density at radius 1 is 1.08 bits per heavy atom. The van der Waals surface area contributed by atoms with Gasteiger partial charge in [-0.25, -0.2) is 0 Å². The Kier molecular flexibility index (Phi) is 4.74. The molecule has 1 aliphatic rings. The highest BCUT2D eigenvalue weighted by Gasteiger charge is 2.31. The molecule has 5 heteroatoms. The second-order valence-corrected chi connectivity index (χ2v) is 7.27. The Balaban J connectivity index is 1.50. The van der Waals surface area contributed by atoms with Crippen LogP contribution in [0.2, 0.25) is 0 Å². The van der Waals surface area contributed by atoms with Gasteiger partial charge in [0.2, 0.25) is 5.91 Å². The van der Waals surface area contributed by atoms with E-state index in [1.807, 2.05) is 36.4 Å². The van der Waals surface area contributed by atoms with Gasteiger partial charge < -0.3 is 5.32 Å². The van der Waals surface area contributed by atoms with Gasteiger partial charge in [0.05, 0.1) is 17.6 Å². The van der Waals surface area contributed by atoms with E-state index in [0.29, 0.717) is 12.5 Å². The molecule has 0 aliphatic heterocycles. The summed E-state index contributed by atoms with van der Waals surface area (Å²) in [5.41, 5.74) is 4.00. The zero-order valence-corrected chi connectivity index (χ0v) is 14.8. The summed E-state index contributed by atoms with van der Waals surface area (Å²) >= 11 is 1.22. The first-order chi connectivity index (χ1) is 12.3. The van der Waals surface area contributed by atoms with Gasteiger partial charge >= 0.3 is 0 Å². The van der Waals surface area contributed by atoms with Gasteiger partial charge in [-0.3, -0.25) is 4.79 Å². The van der Waals surface area contributed by atoms with Crippen molar-refractivity contribution in [2.45, 2.75) is 38.1 Å². The molecule has 0 spiro atoms. The van der Waals surface area contributed by atoms with Crippen molar-refractivity contribution >= 4 is 28.7 Å². The van der Waals surface area contributed by atoms with Crippen LogP contribution in [-0.2, 0) is 11.3 Å². The first-order valence-corrected chi connectivity index (χ1v) is 9.58. The third-order valence-electron chi connectivity index (χ3n) is 5.10. The Bertz CT molecular complexity index is 856. The number of nitrogens with zero attached hydrogens (tertiary/aromatic N) is 2. The number of fused-ring (bicyclic) bond motifs is 1. The third kappa shape index (κ3) is 3.56. The van der Waals surface area contributed by atoms with Gasteiger partial charge in [0.25, 0.3) is 0 Å². The Morgan fingerprint density at radius 2 is 1.84 bits per heavy atom. The molecule has 1 atom stereocenters. The van der Waals surface area contributed by atoms with Crippen molar-refractivity contribution < 1.29 is 4.79 Å². The summed E-state index contributed by atoms with van der Waals surface area (Å²) < 4.78 is 8.49. The average Bonchev–Trinajstić information content (AvgIpc) is 3.32. The predicted molar refractivity (Wildman–Crippen MR) is 100 cm³/mol. The fourth-order valence-corrected chi connectivity index (χ4v) is 4.34. The van der Waals surface area contributed by atoms with E-state index in [9.17, 15) is 4.79 Å². The molecule has 0 bridgehead atoms. The van der Waals surface area contributed by atoms with Crippen molar-refractivity contribution in [1.29, 1.82) is 0 Å². The molecule has 25 heavy (non-hydrogen) atoms. The summed E-state index contributed by atoms with van der Waals surface area (Å²) in [5.74, 6) is 0.538. The lowest BCUT2D eigenvalue weighted by Crippen LogP contribution is -2.32. The highest BCUT2D eigenvalue weighted by molar-refractivity contribution is 7.00. The van der Waals surface area contributed by atoms with E-state index >= 15 is 0 Å². The van der Waals surface area contributed by atoms with Crippen LogP contribution in [0.15, 0.2) is 48.5 Å². The second-order valence-electron chi connectivity index (χ2n) is 6.74. The quantitative estimate of drug-likeness (QED) is 0.746. The van der Waals surface area contributed by atoms with E-state index in [1.54, 1.807) is 0 Å². The monoisotopic (exact) mass is 351 g/mol. The van der Waals surface area contributed by atoms with Crippen LogP contribution in [0.4, 0.5) is 0 Å². The molecular weight excluding hydrogens is 330 g/mol. The van der Waals surface area contributed by atoms with Gasteiger partial charge in [0.1, 0.15) is 11.0 Å². The molecule has 1 N–H and O–H groups in total. The molecule has 2 aromatic carbocycles. The molecule has 1 saturated carbocycles. The first-order valence-electron chi connectivity index (χ1n) is 8.85. The molecule has 1 aliphatic carbocycles. The highest BCUT2D eigenvalue weighted by atomic mass is 32.1. The fourth-order valence-electron chi connectivity index (χ4n) is 3.83. The lowest BCUT2D eigenvalue weighted by molar-refractivity contribution is -0.123. The van der Waals surface area contributed by atoms with Crippen LogP contribution in [-0.4, -0.2) is 14.7 Å². The minimum absolute atomic E-state index is 0.0478. The first kappa shape index (κ1) is 16.2. The summed E-state index contributed by atoms with van der Waals surface area (Å²) in [5, 5.41) is 3.15. The fraction of sp³-hybridized carbons (Fsp3) is 0.350. The smallest absolute Gasteiger partial charge is 0.228 e. The molecule has 1 fully saturated rings. The van der Waals surface area contributed by atoms with E-state index in [-0.39, 0.29) is 11.8 Å². The highest BCUT2D eigenvalue weighted by Crippen LogP contribution is 2.37. The van der Waals surface area contributed by atoms with Gasteiger partial charge in [0.15, 0.2) is 0 Å². The molecule has 1 heterocycles. The third-order valence-corrected chi connectivity index (χ3v) is 5.65. The van der Waals surface area contributed by atoms with Crippen LogP contribution in [0.3, 0.4) is 0 Å². The average molecular weight is 351 g/mol. The number of nitrogens with one attached hydrogen (secondary N) is 1. The van der Waals surface area contributed by atoms with E-state index in [0.717, 1.165) is 35.0 Å². The molecule has 3 aromatic rings. The molecular formula is C20H21N3OS. The second kappa shape index (κ2) is 7.31. The Morgan fingerprint density at radius 3 is 2.64 bits per heavy atom. The molecule has 0 unspecified atom stereocenters. The number of aromatic nitrogens is 2. The minimum Gasteiger partial charge on any atom is -0.351 e. The van der Waals surface area contributed by atoms with Crippen molar-refractivity contribution in [3.05, 3.63) is 59.7 Å². The molecule has 4 rings (SSSR count). The number of rotatable bonds is 5. The van der Waals surface area contributed by atoms with Crippen LogP contribution in [0, 0.1) is 5.92 Å². The maximum atomic E-state index is 13.0. The Hall–Kier alpha value is -2.27. The van der Waals surface area contributed by atoms with Gasteiger partial charge in [-0.2, -0.15) is 8.75 Å². The summed E-state index contributed by atoms with van der Waals surface area (Å²) in [6.45, 7) is 0.530. The summed E-state index contributed by atoms with van der Waals surface area (Å²) in [6.07, 6.45) is 4.75. The summed E-state index contributed by atoms with van der Waals surface area (Å²) in [7, 11) is 0. The van der Waals surface area contributed by atoms with Crippen molar-refractivity contribution in [3.8, 4) is 0 Å². The number of hydrogen-bond donors (Lipinski definition) is 1. The summed E-state index contributed by atoms with van der Waals surface area (Å²) in [6, 6.07) is 16.2. The van der Waals surface area contributed by atoms with Crippen molar-refractivity contribution in [2.75, 3.05) is 0 Å². The van der Waals surface area contributed by atoms with Crippen LogP contribution in [0.1, 0.15) is 42.7 Å². The van der Waals surface area contributed by atoms with Crippen molar-refractivity contribution in [3.63, 3.8) is 0 Å². The summed E-state index contributed by atoms with van der Waals surface area (Å²) in [4.78, 5) is 13.0. The maximum absolute atomic E-state index is 13.0. The zero-order chi connectivity index (χ0) is 17.1. The van der Waals surface area contributed by atoms with Crippen molar-refractivity contribution in [2.24, 2.45) is 5.92 Å². The van der Waals surface area contributed by atoms with Crippen LogP contribution in [0.5, 0.6) is 0 Å². The SMILES string of the molecule is O=C(NCc1ccc2nsnc2c1)[C@H](c1ccccc1)C1CCCC1. The molecule has 128 valence electrons. The minimum atomic E-state index is -0.0478. The number of carbonyl (C=O) groups excluding carboxylic acids is 1. The van der Waals surface area contributed by atoms with Crippen molar-refractivity contribution in [1.82, 2.24) is 14.1 Å². The van der Waals surface area contributed by atoms with Gasteiger partial charge in [-0.1, -0.05) is 49.2 Å². The predicted octanol–water partition coefficient (Wildman–Crippen LogP) is 4.28. The molecule has 0 saturated heterocycles. The zero-order valence-electron chi connectivity index (χ0n) is 14.0. The van der Waals surface area contributed by atoms with Crippen LogP contribution < -0.4 is 5.32 Å². The molecule has 4 nitrogen and oxygen atoms in total. The van der Waals surface area contributed by atoms with Crippen LogP contribution in [0.25, 0.3) is 11.0 Å². The lowest BCUT2D eigenvalue weighted by Gasteiger charge is -2.23. The van der Waals surface area contributed by atoms with E-state index in [2.05, 4.69) is 26.2 Å². The van der Waals surface area contributed by atoms with E-state index in [1.165, 1.54) is 24.6 Å². The number of hydrogen-bond acceptors (Lipinski definition) is 4. The maximum Gasteiger partial charge on any atom is 0.228 e. The molecule has 1 amide bonds. The van der Waals surface area contributed by atoms with Crippen LogP contribution >= 0.6 is 11.7 Å². The van der Waals surface area contributed by atoms with E-state index < -0.39 is 0 Å². The topological polar surface area (TPSA) is 54.9 Å².